The molecule has 0 aliphatic carbocycles. The summed E-state index contributed by atoms with van der Waals surface area (Å²) in [7, 11) is 0. The molecule has 0 bridgehead atoms. The second kappa shape index (κ2) is 32.6. The summed E-state index contributed by atoms with van der Waals surface area (Å²) in [6.45, 7) is 10.8. The van der Waals surface area contributed by atoms with E-state index in [1.54, 1.807) is 71.9 Å². The van der Waals surface area contributed by atoms with Crippen LogP contribution in [-0.2, 0) is 59.2 Å². The second-order valence-corrected chi connectivity index (χ2v) is 18.4. The number of carboxylic acid groups (broad SMARTS) is 3. The quantitative estimate of drug-likeness (QED) is 0.0196. The Morgan fingerprint density at radius 1 is 0.589 bits per heavy atom. The molecule has 0 unspecified atom stereocenters. The Bertz CT molecular complexity index is 2090. The summed E-state index contributed by atoms with van der Waals surface area (Å²) in [5, 5.41) is 47.9. The number of hydrogen-bond acceptors (Lipinski definition) is 13. The number of rotatable bonds is 34. The molecule has 17 N–H and O–H groups in total. The number of nitrogens with one attached hydrogen (secondary N) is 8. The second-order valence-electron chi connectivity index (χ2n) is 18.4. The summed E-state index contributed by atoms with van der Waals surface area (Å²) >= 11 is 0. The molecule has 0 heterocycles. The van der Waals surface area contributed by atoms with Crippen LogP contribution >= 0.6 is 0 Å². The number of carboxylic acids is 3. The van der Waals surface area contributed by atoms with Crippen molar-refractivity contribution in [2.45, 2.75) is 155 Å². The Kier molecular flexibility index (Phi) is 28.4. The number of nitrogens with zero attached hydrogens (tertiary/aromatic N) is 1. The lowest BCUT2D eigenvalue weighted by Crippen LogP contribution is -2.60. The maximum Gasteiger partial charge on any atom is 0.326 e. The van der Waals surface area contributed by atoms with Gasteiger partial charge in [-0.3, -0.25) is 52.9 Å². The third kappa shape index (κ3) is 25.0. The molecular formula is C47H76N12O14. The molecule has 0 radical (unpaired) electrons. The van der Waals surface area contributed by atoms with E-state index in [2.05, 4.69) is 47.5 Å². The van der Waals surface area contributed by atoms with Crippen molar-refractivity contribution < 1.29 is 68.1 Å². The van der Waals surface area contributed by atoms with Crippen LogP contribution in [0.15, 0.2) is 35.3 Å². The molecule has 0 spiro atoms. The fourth-order valence-corrected chi connectivity index (χ4v) is 6.96. The summed E-state index contributed by atoms with van der Waals surface area (Å²) in [6.07, 6.45) is -1.35. The topological polar surface area (TPSA) is 435 Å². The number of aliphatic carboxylic acids is 3. The molecule has 408 valence electrons. The van der Waals surface area contributed by atoms with Crippen molar-refractivity contribution in [2.24, 2.45) is 39.9 Å². The number of nitrogens with two attached hydrogens (primary N) is 3. The molecule has 8 amide bonds. The van der Waals surface area contributed by atoms with Crippen LogP contribution < -0.4 is 59.7 Å². The zero-order valence-corrected chi connectivity index (χ0v) is 42.5. The van der Waals surface area contributed by atoms with Crippen LogP contribution in [0.1, 0.15) is 105 Å². The molecule has 73 heavy (non-hydrogen) atoms. The predicted molar refractivity (Wildman–Crippen MR) is 265 cm³/mol. The van der Waals surface area contributed by atoms with Gasteiger partial charge in [0.2, 0.25) is 47.3 Å². The van der Waals surface area contributed by atoms with Gasteiger partial charge < -0.3 is 75.1 Å². The smallest absolute Gasteiger partial charge is 0.326 e. The van der Waals surface area contributed by atoms with Crippen molar-refractivity contribution in [3.63, 3.8) is 0 Å². The number of aliphatic imine (C=N–C) groups is 1. The normalized spacial score (nSPS) is 14.7. The van der Waals surface area contributed by atoms with Gasteiger partial charge in [0.1, 0.15) is 42.3 Å². The number of guanidine groups is 1. The van der Waals surface area contributed by atoms with E-state index < -0.39 is 158 Å². The highest BCUT2D eigenvalue weighted by Gasteiger charge is 2.35. The minimum atomic E-state index is -1.62. The van der Waals surface area contributed by atoms with Gasteiger partial charge in [0.05, 0.1) is 12.6 Å². The van der Waals surface area contributed by atoms with E-state index >= 15 is 0 Å². The average Bonchev–Trinajstić information content (AvgIpc) is 3.31. The maximum atomic E-state index is 14.0. The van der Waals surface area contributed by atoms with Gasteiger partial charge >= 0.3 is 17.9 Å². The van der Waals surface area contributed by atoms with Crippen LogP contribution in [-0.4, -0.2) is 148 Å². The van der Waals surface area contributed by atoms with E-state index in [4.69, 9.17) is 17.2 Å². The van der Waals surface area contributed by atoms with Crippen molar-refractivity contribution >= 4 is 71.1 Å². The highest BCUT2D eigenvalue weighted by molar-refractivity contribution is 5.98. The largest absolute Gasteiger partial charge is 0.481 e. The van der Waals surface area contributed by atoms with Crippen LogP contribution in [0, 0.1) is 17.8 Å². The van der Waals surface area contributed by atoms with Gasteiger partial charge in [-0.2, -0.15) is 0 Å². The van der Waals surface area contributed by atoms with Gasteiger partial charge in [0, 0.05) is 25.8 Å². The molecule has 0 saturated heterocycles. The monoisotopic (exact) mass is 1030 g/mol. The van der Waals surface area contributed by atoms with Crippen LogP contribution in [0.2, 0.25) is 0 Å². The summed E-state index contributed by atoms with van der Waals surface area (Å²) in [4.78, 5) is 147. The van der Waals surface area contributed by atoms with Crippen molar-refractivity contribution in [2.75, 3.05) is 13.1 Å². The molecule has 0 saturated carbocycles. The van der Waals surface area contributed by atoms with Crippen molar-refractivity contribution in [3.8, 4) is 0 Å². The van der Waals surface area contributed by atoms with Crippen LogP contribution in [0.5, 0.6) is 0 Å². The zero-order valence-electron chi connectivity index (χ0n) is 42.5. The van der Waals surface area contributed by atoms with Gasteiger partial charge in [-0.1, -0.05) is 78.3 Å². The molecule has 1 rings (SSSR count). The Balaban J connectivity index is 3.34. The standard InChI is InChI=1S/C47H76N12O14/c1-8-26(6)38(59-40(66)29(48)15-12-20-51-47(49)50)45(71)57-33(22-28-13-10-9-11-14-28)43(69)53-27(7)39(65)54-31(17-19-36(63)64)42(68)56-32(21-24(2)3)44(70)55-30(16-18-35(61)62)41(67)52-23-34(60)58-37(25(4)5)46(72)73/h9-11,13-14,24-27,29-33,37-38H,8,12,15-23,48H2,1-7H3,(H,52,67)(H,53,69)(H,54,65)(H,55,70)(H,56,68)(H,57,71)(H,58,60)(H,59,66)(H,61,62)(H,63,64)(H,72,73)(H4,49,50,51)/t26-,27-,29-,30-,31-,32-,33-,37-,38-/m0/s1. The minimum Gasteiger partial charge on any atom is -0.481 e. The van der Waals surface area contributed by atoms with Gasteiger partial charge in [-0.25, -0.2) is 4.79 Å². The zero-order chi connectivity index (χ0) is 55.5. The van der Waals surface area contributed by atoms with Gasteiger partial charge in [0.15, 0.2) is 5.96 Å². The van der Waals surface area contributed by atoms with E-state index in [9.17, 15) is 68.1 Å². The summed E-state index contributed by atoms with van der Waals surface area (Å²) < 4.78 is 0. The third-order valence-electron chi connectivity index (χ3n) is 11.3. The summed E-state index contributed by atoms with van der Waals surface area (Å²) in [5.74, 6) is -12.4. The molecule has 0 aliphatic heterocycles. The fraction of sp³-hybridized carbons (Fsp3) is 0.617. The lowest BCUT2D eigenvalue weighted by molar-refractivity contribution is -0.143. The average molecular weight is 1030 g/mol. The SMILES string of the molecule is CC[C@H](C)[C@H](NC(=O)[C@@H](N)CCCN=C(N)N)C(=O)N[C@@H](Cc1ccccc1)C(=O)N[C@@H](C)C(=O)N[C@@H](CCC(=O)O)C(=O)N[C@@H](CC(C)C)C(=O)N[C@@H](CCC(=O)O)C(=O)NCC(=O)N[C@H](C(=O)O)C(C)C. The lowest BCUT2D eigenvalue weighted by atomic mass is 9.96. The molecule has 26 heteroatoms. The lowest BCUT2D eigenvalue weighted by Gasteiger charge is -2.28. The van der Waals surface area contributed by atoms with E-state index in [0.29, 0.717) is 18.4 Å². The first-order chi connectivity index (χ1) is 34.2. The third-order valence-corrected chi connectivity index (χ3v) is 11.3. The first-order valence-electron chi connectivity index (χ1n) is 24.1. The van der Waals surface area contributed by atoms with E-state index in [-0.39, 0.29) is 37.7 Å². The van der Waals surface area contributed by atoms with Crippen LogP contribution in [0.25, 0.3) is 0 Å². The van der Waals surface area contributed by atoms with Gasteiger partial charge in [0.25, 0.3) is 0 Å². The Morgan fingerprint density at radius 2 is 1.11 bits per heavy atom. The number of carbonyl (C=O) groups is 11. The van der Waals surface area contributed by atoms with Gasteiger partial charge in [-0.05, 0) is 62.3 Å². The van der Waals surface area contributed by atoms with E-state index in [0.717, 1.165) is 0 Å². The predicted octanol–water partition coefficient (Wildman–Crippen LogP) is -2.30. The van der Waals surface area contributed by atoms with Crippen LogP contribution in [0.4, 0.5) is 0 Å². The molecule has 0 aliphatic rings. The Hall–Kier alpha value is -7.38. The molecule has 1 aromatic rings. The highest BCUT2D eigenvalue weighted by Crippen LogP contribution is 2.13. The van der Waals surface area contributed by atoms with E-state index in [1.807, 2.05) is 0 Å². The summed E-state index contributed by atoms with van der Waals surface area (Å²) in [5.41, 5.74) is 17.4. The first-order valence-corrected chi connectivity index (χ1v) is 24.1. The fourth-order valence-electron chi connectivity index (χ4n) is 6.96. The van der Waals surface area contributed by atoms with E-state index in [1.165, 1.54) is 6.92 Å². The molecule has 0 aromatic heterocycles. The molecule has 0 fully saturated rings. The Morgan fingerprint density at radius 3 is 1.63 bits per heavy atom. The van der Waals surface area contributed by atoms with Gasteiger partial charge in [-0.15, -0.1) is 0 Å². The first kappa shape index (κ1) is 63.6. The van der Waals surface area contributed by atoms with Crippen molar-refractivity contribution in [1.82, 2.24) is 42.5 Å². The minimum absolute atomic E-state index is 0.0686. The van der Waals surface area contributed by atoms with Crippen molar-refractivity contribution in [1.29, 1.82) is 0 Å². The molecular weight excluding hydrogens is 957 g/mol. The molecule has 26 nitrogen and oxygen atoms in total. The highest BCUT2D eigenvalue weighted by atomic mass is 16.4. The van der Waals surface area contributed by atoms with Crippen LogP contribution in [0.3, 0.4) is 0 Å². The number of amides is 8. The number of benzene rings is 1. The molecule has 9 atom stereocenters. The number of carbonyl (C=O) groups excluding carboxylic acids is 8. The Labute approximate surface area is 424 Å². The molecule has 1 aromatic carbocycles. The summed E-state index contributed by atoms with van der Waals surface area (Å²) in [6, 6.07) is -2.24. The van der Waals surface area contributed by atoms with Crippen molar-refractivity contribution in [3.05, 3.63) is 35.9 Å². The number of hydrogen-bond donors (Lipinski definition) is 14. The maximum absolute atomic E-state index is 14.0.